The maximum atomic E-state index is 12.0. The van der Waals surface area contributed by atoms with Gasteiger partial charge in [-0.1, -0.05) is 33.6 Å². The maximum Gasteiger partial charge on any atom is 0.266 e. The second kappa shape index (κ2) is 6.72. The Morgan fingerprint density at radius 3 is 2.90 bits per heavy atom. The van der Waals surface area contributed by atoms with Crippen molar-refractivity contribution in [3.63, 3.8) is 0 Å². The quantitative estimate of drug-likeness (QED) is 0.905. The van der Waals surface area contributed by atoms with Crippen molar-refractivity contribution in [1.82, 2.24) is 4.98 Å². The van der Waals surface area contributed by atoms with E-state index in [1.165, 1.54) is 0 Å². The smallest absolute Gasteiger partial charge is 0.266 e. The van der Waals surface area contributed by atoms with Crippen LogP contribution in [0, 0.1) is 0 Å². The van der Waals surface area contributed by atoms with E-state index in [1.807, 2.05) is 0 Å². The van der Waals surface area contributed by atoms with Crippen molar-refractivity contribution < 1.29 is 9.53 Å². The molecule has 0 radical (unpaired) electrons. The molecular weight excluding hydrogens is 344 g/mol. The molecule has 1 N–H and O–H groups in total. The summed E-state index contributed by atoms with van der Waals surface area (Å²) in [7, 11) is 0. The lowest BCUT2D eigenvalue weighted by molar-refractivity contribution is -0.122. The van der Waals surface area contributed by atoms with E-state index in [2.05, 4.69) is 26.2 Å². The number of nitrogens with one attached hydrogen (secondary N) is 1. The highest BCUT2D eigenvalue weighted by molar-refractivity contribution is 9.10. The molecule has 2 aromatic rings. The van der Waals surface area contributed by atoms with Crippen molar-refractivity contribution in [2.45, 2.75) is 13.0 Å². The Labute approximate surface area is 130 Å². The number of benzene rings is 1. The molecule has 6 heteroatoms. The Balaban J connectivity index is 1.98. The van der Waals surface area contributed by atoms with Crippen molar-refractivity contribution >= 4 is 39.3 Å². The number of carbonyl (C=O) groups excluding carboxylic acids is 1. The third-order valence-corrected chi connectivity index (χ3v) is 3.18. The highest BCUT2D eigenvalue weighted by Crippen LogP contribution is 2.19. The third-order valence-electron chi connectivity index (χ3n) is 2.45. The number of hydrogen-bond donors (Lipinski definition) is 1. The van der Waals surface area contributed by atoms with E-state index in [0.29, 0.717) is 16.6 Å². The first-order chi connectivity index (χ1) is 9.54. The molecule has 2 rings (SSSR count). The number of halogens is 2. The number of hydrogen-bond acceptors (Lipinski definition) is 3. The Morgan fingerprint density at radius 1 is 1.40 bits per heavy atom. The summed E-state index contributed by atoms with van der Waals surface area (Å²) in [5.74, 6) is 0.726. The van der Waals surface area contributed by atoms with Crippen molar-refractivity contribution in [2.24, 2.45) is 0 Å². The highest BCUT2D eigenvalue weighted by Gasteiger charge is 2.15. The lowest BCUT2D eigenvalue weighted by Crippen LogP contribution is -2.30. The van der Waals surface area contributed by atoms with Crippen LogP contribution in [0.4, 0.5) is 5.82 Å². The summed E-state index contributed by atoms with van der Waals surface area (Å²) in [6, 6.07) is 10.4. The van der Waals surface area contributed by atoms with E-state index in [4.69, 9.17) is 16.3 Å². The van der Waals surface area contributed by atoms with E-state index in [0.717, 1.165) is 4.47 Å². The minimum absolute atomic E-state index is 0.282. The largest absolute Gasteiger partial charge is 0.481 e. The van der Waals surface area contributed by atoms with Gasteiger partial charge in [-0.15, -0.1) is 0 Å². The molecule has 0 saturated carbocycles. The predicted molar refractivity (Wildman–Crippen MR) is 82.1 cm³/mol. The molecule has 1 amide bonds. The van der Waals surface area contributed by atoms with Crippen molar-refractivity contribution in [2.75, 3.05) is 5.32 Å². The van der Waals surface area contributed by atoms with Gasteiger partial charge in [-0.2, -0.15) is 0 Å². The molecule has 0 spiro atoms. The third kappa shape index (κ3) is 4.21. The fourth-order valence-electron chi connectivity index (χ4n) is 1.50. The van der Waals surface area contributed by atoms with E-state index < -0.39 is 6.10 Å². The van der Waals surface area contributed by atoms with Crippen LogP contribution < -0.4 is 10.1 Å². The molecule has 0 aliphatic heterocycles. The molecule has 0 fully saturated rings. The molecule has 1 unspecified atom stereocenters. The Bertz CT molecular complexity index is 622. The van der Waals surface area contributed by atoms with Gasteiger partial charge < -0.3 is 10.1 Å². The van der Waals surface area contributed by atoms with Gasteiger partial charge in [-0.3, -0.25) is 4.79 Å². The number of rotatable bonds is 4. The molecule has 0 bridgehead atoms. The maximum absolute atomic E-state index is 12.0. The average Bonchev–Trinajstić information content (AvgIpc) is 2.38. The number of carbonyl (C=O) groups is 1. The average molecular weight is 356 g/mol. The molecule has 1 heterocycles. The van der Waals surface area contributed by atoms with Crippen LogP contribution >= 0.6 is 27.5 Å². The van der Waals surface area contributed by atoms with Crippen LogP contribution in [0.3, 0.4) is 0 Å². The topological polar surface area (TPSA) is 51.2 Å². The molecule has 104 valence electrons. The second-order valence-electron chi connectivity index (χ2n) is 4.07. The zero-order chi connectivity index (χ0) is 14.5. The molecule has 1 atom stereocenters. The second-order valence-corrected chi connectivity index (χ2v) is 5.42. The Morgan fingerprint density at radius 2 is 2.20 bits per heavy atom. The minimum Gasteiger partial charge on any atom is -0.481 e. The van der Waals surface area contributed by atoms with Gasteiger partial charge in [-0.05, 0) is 37.3 Å². The summed E-state index contributed by atoms with van der Waals surface area (Å²) in [5, 5.41) is 3.24. The van der Waals surface area contributed by atoms with Gasteiger partial charge in [0.1, 0.15) is 11.6 Å². The number of anilines is 1. The summed E-state index contributed by atoms with van der Waals surface area (Å²) in [6.45, 7) is 1.66. The first kappa shape index (κ1) is 14.8. The van der Waals surface area contributed by atoms with E-state index >= 15 is 0 Å². The summed E-state index contributed by atoms with van der Waals surface area (Å²) in [5.41, 5.74) is 0. The summed E-state index contributed by atoms with van der Waals surface area (Å²) in [4.78, 5) is 16.0. The summed E-state index contributed by atoms with van der Waals surface area (Å²) >= 11 is 9.17. The monoisotopic (exact) mass is 354 g/mol. The van der Waals surface area contributed by atoms with Crippen LogP contribution in [0.2, 0.25) is 5.02 Å². The summed E-state index contributed by atoms with van der Waals surface area (Å²) in [6.07, 6.45) is 0.941. The predicted octanol–water partition coefficient (Wildman–Crippen LogP) is 3.90. The molecule has 0 aliphatic rings. The molecule has 0 aliphatic carbocycles. The number of amides is 1. The van der Waals surface area contributed by atoms with Crippen molar-refractivity contribution in [1.29, 1.82) is 0 Å². The molecular formula is C14H12BrClN2O2. The van der Waals surface area contributed by atoms with Crippen molar-refractivity contribution in [3.8, 4) is 5.75 Å². The van der Waals surface area contributed by atoms with Crippen LogP contribution in [0.15, 0.2) is 47.1 Å². The normalized spacial score (nSPS) is 11.8. The van der Waals surface area contributed by atoms with Crippen LogP contribution in [0.25, 0.3) is 0 Å². The zero-order valence-corrected chi connectivity index (χ0v) is 13.0. The van der Waals surface area contributed by atoms with E-state index in [-0.39, 0.29) is 5.91 Å². The molecule has 4 nitrogen and oxygen atoms in total. The zero-order valence-electron chi connectivity index (χ0n) is 10.6. The standard InChI is InChI=1S/C14H12BrClN2O2/c1-9(20-12-4-2-3-11(16)8-12)14(19)18-13-7-10(15)5-6-17-13/h2-9H,1H3,(H,17,18,19). The van der Waals surface area contributed by atoms with Gasteiger partial charge >= 0.3 is 0 Å². The van der Waals surface area contributed by atoms with Gasteiger partial charge in [-0.25, -0.2) is 4.98 Å². The fourth-order valence-corrected chi connectivity index (χ4v) is 2.01. The van der Waals surface area contributed by atoms with Gasteiger partial charge in [0.15, 0.2) is 6.10 Å². The van der Waals surface area contributed by atoms with Crippen LogP contribution in [0.5, 0.6) is 5.75 Å². The molecule has 1 aromatic carbocycles. The van der Waals surface area contributed by atoms with Gasteiger partial charge in [0.25, 0.3) is 5.91 Å². The molecule has 20 heavy (non-hydrogen) atoms. The van der Waals surface area contributed by atoms with Gasteiger partial charge in [0.2, 0.25) is 0 Å². The number of aromatic nitrogens is 1. The molecule has 1 aromatic heterocycles. The number of pyridine rings is 1. The van der Waals surface area contributed by atoms with Gasteiger partial charge in [0, 0.05) is 15.7 Å². The SMILES string of the molecule is CC(Oc1cccc(Cl)c1)C(=O)Nc1cc(Br)ccn1. The van der Waals surface area contributed by atoms with Crippen molar-refractivity contribution in [3.05, 3.63) is 52.1 Å². The first-order valence-corrected chi connectivity index (χ1v) is 7.06. The summed E-state index contributed by atoms with van der Waals surface area (Å²) < 4.78 is 6.36. The Kier molecular flexibility index (Phi) is 4.98. The van der Waals surface area contributed by atoms with Crippen LogP contribution in [-0.2, 0) is 4.79 Å². The first-order valence-electron chi connectivity index (χ1n) is 5.89. The van der Waals surface area contributed by atoms with Crippen LogP contribution in [-0.4, -0.2) is 17.0 Å². The minimum atomic E-state index is -0.658. The lowest BCUT2D eigenvalue weighted by atomic mass is 10.3. The number of nitrogens with zero attached hydrogens (tertiary/aromatic N) is 1. The highest BCUT2D eigenvalue weighted by atomic mass is 79.9. The van der Waals surface area contributed by atoms with E-state index in [1.54, 1.807) is 49.5 Å². The molecule has 0 saturated heterocycles. The van der Waals surface area contributed by atoms with Crippen LogP contribution in [0.1, 0.15) is 6.92 Å². The van der Waals surface area contributed by atoms with Gasteiger partial charge in [0.05, 0.1) is 0 Å². The Hall–Kier alpha value is -1.59. The fraction of sp³-hybridized carbons (Fsp3) is 0.143. The number of ether oxygens (including phenoxy) is 1. The van der Waals surface area contributed by atoms with E-state index in [9.17, 15) is 4.79 Å². The lowest BCUT2D eigenvalue weighted by Gasteiger charge is -2.14.